The monoisotopic (exact) mass is 259 g/mol. The fourth-order valence-corrected chi connectivity index (χ4v) is 0.475. The topological polar surface area (TPSA) is 113 Å². The Morgan fingerprint density at radius 1 is 1.44 bits per heavy atom. The number of rotatable bonds is 4. The van der Waals surface area contributed by atoms with Gasteiger partial charge in [-0.3, -0.25) is 8.74 Å². The zero-order chi connectivity index (χ0) is 13.2. The van der Waals surface area contributed by atoms with Crippen molar-refractivity contribution in [1.29, 1.82) is 0 Å². The molecule has 0 aromatic carbocycles. The minimum Gasteiger partial charge on any atom is -0.450 e. The molecular weight excluding hydrogens is 242 g/mol. The second kappa shape index (κ2) is 9.33. The first-order valence-corrected chi connectivity index (χ1v) is 5.66. The lowest BCUT2D eigenvalue weighted by atomic mass is 10.6. The van der Waals surface area contributed by atoms with Crippen LogP contribution in [-0.4, -0.2) is 63.0 Å². The van der Waals surface area contributed by atoms with Crippen molar-refractivity contribution in [3.05, 3.63) is 0 Å². The van der Waals surface area contributed by atoms with E-state index in [1.54, 1.807) is 14.0 Å². The SMILES string of the molecule is CCOC(=O)N(C)CCO.COS(=O)(=O)O. The second-order valence-electron chi connectivity index (χ2n) is 2.44. The van der Waals surface area contributed by atoms with Gasteiger partial charge >= 0.3 is 16.5 Å². The summed E-state index contributed by atoms with van der Waals surface area (Å²) in [6.45, 7) is 2.40. The molecule has 2 N–H and O–H groups in total. The van der Waals surface area contributed by atoms with Gasteiger partial charge in [0.25, 0.3) is 0 Å². The number of carbonyl (C=O) groups is 1. The van der Waals surface area contributed by atoms with Crippen LogP contribution in [0.15, 0.2) is 0 Å². The highest BCUT2D eigenvalue weighted by molar-refractivity contribution is 7.80. The summed E-state index contributed by atoms with van der Waals surface area (Å²) in [7, 11) is -1.71. The maximum Gasteiger partial charge on any atom is 0.409 e. The number of likely N-dealkylation sites (N-methyl/N-ethyl adjacent to an activating group) is 1. The van der Waals surface area contributed by atoms with E-state index >= 15 is 0 Å². The van der Waals surface area contributed by atoms with Crippen molar-refractivity contribution in [2.45, 2.75) is 6.92 Å². The summed E-state index contributed by atoms with van der Waals surface area (Å²) in [6, 6.07) is 0. The van der Waals surface area contributed by atoms with Gasteiger partial charge < -0.3 is 14.7 Å². The summed E-state index contributed by atoms with van der Waals surface area (Å²) in [5.41, 5.74) is 0. The maximum atomic E-state index is 10.7. The van der Waals surface area contributed by atoms with E-state index < -0.39 is 16.5 Å². The first-order valence-electron chi connectivity index (χ1n) is 4.30. The summed E-state index contributed by atoms with van der Waals surface area (Å²) in [6.07, 6.45) is -0.392. The average Bonchev–Trinajstić information content (AvgIpc) is 2.18. The average molecular weight is 259 g/mol. The Kier molecular flexibility index (Phi) is 10.2. The highest BCUT2D eigenvalue weighted by Gasteiger charge is 2.06. The van der Waals surface area contributed by atoms with Crippen molar-refractivity contribution in [3.63, 3.8) is 0 Å². The van der Waals surface area contributed by atoms with Gasteiger partial charge in [-0.2, -0.15) is 8.42 Å². The largest absolute Gasteiger partial charge is 0.450 e. The van der Waals surface area contributed by atoms with Crippen LogP contribution in [0.1, 0.15) is 6.92 Å². The maximum absolute atomic E-state index is 10.7. The van der Waals surface area contributed by atoms with Crippen molar-refractivity contribution >= 4 is 16.5 Å². The molecule has 0 aliphatic rings. The lowest BCUT2D eigenvalue weighted by Gasteiger charge is -2.13. The van der Waals surface area contributed by atoms with E-state index in [0.717, 1.165) is 7.11 Å². The molecule has 0 saturated heterocycles. The Balaban J connectivity index is 0. The number of aliphatic hydroxyl groups excluding tert-OH is 1. The Labute approximate surface area is 94.7 Å². The van der Waals surface area contributed by atoms with Gasteiger partial charge in [0.05, 0.1) is 20.3 Å². The minimum atomic E-state index is -4.16. The molecule has 0 aromatic rings. The van der Waals surface area contributed by atoms with E-state index in [1.165, 1.54) is 4.90 Å². The fourth-order valence-electron chi connectivity index (χ4n) is 0.475. The minimum absolute atomic E-state index is 0.0324. The van der Waals surface area contributed by atoms with Gasteiger partial charge in [-0.05, 0) is 6.92 Å². The van der Waals surface area contributed by atoms with E-state index in [4.69, 9.17) is 9.66 Å². The van der Waals surface area contributed by atoms with Crippen LogP contribution in [0.25, 0.3) is 0 Å². The Morgan fingerprint density at radius 3 is 2.12 bits per heavy atom. The summed E-state index contributed by atoms with van der Waals surface area (Å²) in [4.78, 5) is 12.0. The normalized spacial score (nSPS) is 10.1. The predicted molar refractivity (Wildman–Crippen MR) is 55.3 cm³/mol. The third-order valence-electron chi connectivity index (χ3n) is 1.23. The van der Waals surface area contributed by atoms with Gasteiger partial charge in [-0.15, -0.1) is 0 Å². The van der Waals surface area contributed by atoms with E-state index in [1.807, 2.05) is 0 Å². The summed E-state index contributed by atoms with van der Waals surface area (Å²) < 4.78 is 34.3. The number of hydrogen-bond donors (Lipinski definition) is 2. The van der Waals surface area contributed by atoms with Gasteiger partial charge in [0.15, 0.2) is 0 Å². The molecule has 0 heterocycles. The van der Waals surface area contributed by atoms with E-state index in [9.17, 15) is 13.2 Å². The highest BCUT2D eigenvalue weighted by Crippen LogP contribution is 1.87. The molecule has 9 heteroatoms. The Hall–Kier alpha value is -0.900. The molecular formula is C7H17NO7S. The molecule has 0 unspecified atom stereocenters. The van der Waals surface area contributed by atoms with Crippen molar-refractivity contribution in [1.82, 2.24) is 4.90 Å². The number of ether oxygens (including phenoxy) is 1. The molecule has 8 nitrogen and oxygen atoms in total. The van der Waals surface area contributed by atoms with E-state index in [0.29, 0.717) is 13.2 Å². The molecule has 0 saturated carbocycles. The first kappa shape index (κ1) is 17.5. The Bertz CT molecular complexity index is 276. The van der Waals surface area contributed by atoms with Crippen LogP contribution in [0.2, 0.25) is 0 Å². The molecule has 16 heavy (non-hydrogen) atoms. The molecule has 0 atom stereocenters. The lowest BCUT2D eigenvalue weighted by molar-refractivity contribution is 0.108. The van der Waals surface area contributed by atoms with Crippen LogP contribution in [-0.2, 0) is 19.3 Å². The summed E-state index contributed by atoms with van der Waals surface area (Å²) in [5, 5.41) is 8.40. The first-order chi connectivity index (χ1) is 7.28. The van der Waals surface area contributed by atoms with Crippen LogP contribution >= 0.6 is 0 Å². The number of nitrogens with zero attached hydrogens (tertiary/aromatic N) is 1. The smallest absolute Gasteiger partial charge is 0.409 e. The fraction of sp³-hybridized carbons (Fsp3) is 0.857. The zero-order valence-electron chi connectivity index (χ0n) is 9.41. The third kappa shape index (κ3) is 13.1. The second-order valence-corrected chi connectivity index (χ2v) is 3.63. The van der Waals surface area contributed by atoms with Gasteiger partial charge in [0.2, 0.25) is 0 Å². The van der Waals surface area contributed by atoms with Crippen LogP contribution in [0.5, 0.6) is 0 Å². The number of aliphatic hydroxyl groups is 1. The van der Waals surface area contributed by atoms with Crippen LogP contribution < -0.4 is 0 Å². The lowest BCUT2D eigenvalue weighted by Crippen LogP contribution is -2.29. The molecule has 0 radical (unpaired) electrons. The molecule has 0 fully saturated rings. The Morgan fingerprint density at radius 2 is 1.88 bits per heavy atom. The standard InChI is InChI=1S/C6H13NO3.CH4O4S/c1-3-10-6(9)7(2)4-5-8;1-5-6(2,3)4/h8H,3-5H2,1-2H3;1H3,(H,2,3,4). The quantitative estimate of drug-likeness (QED) is 0.654. The highest BCUT2D eigenvalue weighted by atomic mass is 32.3. The summed E-state index contributed by atoms with van der Waals surface area (Å²) >= 11 is 0. The number of hydrogen-bond acceptors (Lipinski definition) is 6. The molecule has 98 valence electrons. The van der Waals surface area contributed by atoms with Crippen LogP contribution in [0, 0.1) is 0 Å². The van der Waals surface area contributed by atoms with E-state index in [-0.39, 0.29) is 6.61 Å². The van der Waals surface area contributed by atoms with Gasteiger partial charge in [0.1, 0.15) is 0 Å². The molecule has 0 aliphatic carbocycles. The van der Waals surface area contributed by atoms with Crippen molar-refractivity contribution in [3.8, 4) is 0 Å². The molecule has 0 rings (SSSR count). The van der Waals surface area contributed by atoms with Crippen molar-refractivity contribution < 1.29 is 31.8 Å². The third-order valence-corrected chi connectivity index (χ3v) is 1.65. The van der Waals surface area contributed by atoms with E-state index in [2.05, 4.69) is 8.92 Å². The molecule has 0 spiro atoms. The van der Waals surface area contributed by atoms with Crippen LogP contribution in [0.3, 0.4) is 0 Å². The number of amides is 1. The molecule has 0 bridgehead atoms. The van der Waals surface area contributed by atoms with Gasteiger partial charge in [0, 0.05) is 13.6 Å². The number of carbonyl (C=O) groups excluding carboxylic acids is 1. The van der Waals surface area contributed by atoms with Crippen molar-refractivity contribution in [2.24, 2.45) is 0 Å². The van der Waals surface area contributed by atoms with Crippen LogP contribution in [0.4, 0.5) is 4.79 Å². The van der Waals surface area contributed by atoms with Gasteiger partial charge in [-0.1, -0.05) is 0 Å². The summed E-state index contributed by atoms with van der Waals surface area (Å²) in [5.74, 6) is 0. The molecule has 0 aromatic heterocycles. The van der Waals surface area contributed by atoms with Crippen molar-refractivity contribution in [2.75, 3.05) is 33.9 Å². The van der Waals surface area contributed by atoms with Gasteiger partial charge in [-0.25, -0.2) is 4.79 Å². The molecule has 0 aliphatic heterocycles. The zero-order valence-corrected chi connectivity index (χ0v) is 10.2. The predicted octanol–water partition coefficient (Wildman–Crippen LogP) is -0.497. The molecule has 1 amide bonds.